The SMILES string of the molecule is CCO[Si](OC)(OCC)C(CCN)C(C)N. The summed E-state index contributed by atoms with van der Waals surface area (Å²) in [5.41, 5.74) is 11.7. The monoisotopic (exact) mass is 250 g/mol. The Labute approximate surface area is 99.8 Å². The fourth-order valence-electron chi connectivity index (χ4n) is 1.87. The van der Waals surface area contributed by atoms with Crippen molar-refractivity contribution in [3.05, 3.63) is 0 Å². The summed E-state index contributed by atoms with van der Waals surface area (Å²) in [7, 11) is -1.06. The van der Waals surface area contributed by atoms with E-state index >= 15 is 0 Å². The lowest BCUT2D eigenvalue weighted by Gasteiger charge is -2.36. The number of hydrogen-bond acceptors (Lipinski definition) is 5. The van der Waals surface area contributed by atoms with Crippen LogP contribution in [0.2, 0.25) is 5.54 Å². The van der Waals surface area contributed by atoms with Crippen LogP contribution in [0.3, 0.4) is 0 Å². The third-order valence-corrected chi connectivity index (χ3v) is 6.22. The van der Waals surface area contributed by atoms with E-state index in [1.165, 1.54) is 0 Å². The van der Waals surface area contributed by atoms with Crippen molar-refractivity contribution < 1.29 is 13.3 Å². The summed E-state index contributed by atoms with van der Waals surface area (Å²) in [4.78, 5) is 0. The molecular weight excluding hydrogens is 224 g/mol. The molecule has 0 spiro atoms. The molecule has 2 unspecified atom stereocenters. The molecule has 0 aliphatic heterocycles. The van der Waals surface area contributed by atoms with Crippen molar-refractivity contribution in [2.24, 2.45) is 11.5 Å². The number of nitrogens with two attached hydrogens (primary N) is 2. The minimum Gasteiger partial charge on any atom is -0.377 e. The summed E-state index contributed by atoms with van der Waals surface area (Å²) >= 11 is 0. The van der Waals surface area contributed by atoms with Gasteiger partial charge >= 0.3 is 8.80 Å². The van der Waals surface area contributed by atoms with Crippen LogP contribution in [0.1, 0.15) is 27.2 Å². The molecule has 5 nitrogen and oxygen atoms in total. The van der Waals surface area contributed by atoms with E-state index < -0.39 is 8.80 Å². The molecule has 0 heterocycles. The van der Waals surface area contributed by atoms with Gasteiger partial charge in [-0.3, -0.25) is 0 Å². The summed E-state index contributed by atoms with van der Waals surface area (Å²) < 4.78 is 17.1. The summed E-state index contributed by atoms with van der Waals surface area (Å²) in [6, 6.07) is -0.0479. The van der Waals surface area contributed by atoms with Crippen molar-refractivity contribution >= 4 is 8.80 Å². The fourth-order valence-corrected chi connectivity index (χ4v) is 4.89. The van der Waals surface area contributed by atoms with E-state index in [4.69, 9.17) is 24.7 Å². The first kappa shape index (κ1) is 16.0. The minimum atomic E-state index is -2.69. The van der Waals surface area contributed by atoms with Gasteiger partial charge in [0.05, 0.1) is 0 Å². The average Bonchev–Trinajstić information content (AvgIpc) is 2.25. The van der Waals surface area contributed by atoms with Gasteiger partial charge in [-0.05, 0) is 33.7 Å². The highest BCUT2D eigenvalue weighted by molar-refractivity contribution is 6.62. The van der Waals surface area contributed by atoms with Crippen molar-refractivity contribution in [1.82, 2.24) is 0 Å². The zero-order valence-corrected chi connectivity index (χ0v) is 11.9. The zero-order chi connectivity index (χ0) is 12.6. The van der Waals surface area contributed by atoms with Gasteiger partial charge in [0, 0.05) is 31.9 Å². The van der Waals surface area contributed by atoms with E-state index in [1.807, 2.05) is 20.8 Å². The normalized spacial score (nSPS) is 16.1. The summed E-state index contributed by atoms with van der Waals surface area (Å²) in [6.07, 6.45) is 0.762. The molecule has 98 valence electrons. The highest BCUT2D eigenvalue weighted by Gasteiger charge is 2.49. The highest BCUT2D eigenvalue weighted by Crippen LogP contribution is 2.30. The fraction of sp³-hybridized carbons (Fsp3) is 1.00. The molecule has 0 aliphatic rings. The zero-order valence-electron chi connectivity index (χ0n) is 10.9. The Balaban J connectivity index is 4.89. The van der Waals surface area contributed by atoms with Crippen LogP contribution in [-0.2, 0) is 13.3 Å². The molecule has 0 saturated heterocycles. The van der Waals surface area contributed by atoms with Crippen LogP contribution >= 0.6 is 0 Å². The van der Waals surface area contributed by atoms with Gasteiger partial charge in [0.2, 0.25) is 0 Å². The van der Waals surface area contributed by atoms with Crippen LogP contribution in [-0.4, -0.2) is 41.7 Å². The molecular formula is C10H26N2O3Si. The molecule has 0 bridgehead atoms. The molecule has 0 saturated carbocycles. The van der Waals surface area contributed by atoms with Crippen molar-refractivity contribution in [2.45, 2.75) is 38.8 Å². The molecule has 16 heavy (non-hydrogen) atoms. The first-order chi connectivity index (χ1) is 7.57. The lowest BCUT2D eigenvalue weighted by Crippen LogP contribution is -2.54. The molecule has 0 aromatic carbocycles. The molecule has 0 aliphatic carbocycles. The summed E-state index contributed by atoms with van der Waals surface area (Å²) in [6.45, 7) is 7.49. The van der Waals surface area contributed by atoms with Gasteiger partial charge in [0.25, 0.3) is 0 Å². The first-order valence-corrected chi connectivity index (χ1v) is 7.66. The van der Waals surface area contributed by atoms with Gasteiger partial charge in [0.15, 0.2) is 0 Å². The highest BCUT2D eigenvalue weighted by atomic mass is 28.4. The lowest BCUT2D eigenvalue weighted by atomic mass is 10.2. The number of rotatable bonds is 9. The summed E-state index contributed by atoms with van der Waals surface area (Å²) in [5.74, 6) is 0. The van der Waals surface area contributed by atoms with E-state index in [-0.39, 0.29) is 11.6 Å². The Morgan fingerprint density at radius 1 is 1.19 bits per heavy atom. The van der Waals surface area contributed by atoms with Crippen LogP contribution in [0.15, 0.2) is 0 Å². The van der Waals surface area contributed by atoms with Crippen molar-refractivity contribution in [2.75, 3.05) is 26.9 Å². The molecule has 0 fully saturated rings. The Bertz CT molecular complexity index is 175. The van der Waals surface area contributed by atoms with E-state index in [2.05, 4.69) is 0 Å². The van der Waals surface area contributed by atoms with E-state index in [0.29, 0.717) is 19.8 Å². The second-order valence-electron chi connectivity index (χ2n) is 3.72. The van der Waals surface area contributed by atoms with Gasteiger partial charge < -0.3 is 24.7 Å². The van der Waals surface area contributed by atoms with Gasteiger partial charge in [-0.25, -0.2) is 0 Å². The Morgan fingerprint density at radius 3 is 1.94 bits per heavy atom. The first-order valence-electron chi connectivity index (χ1n) is 5.86. The second-order valence-corrected chi connectivity index (χ2v) is 6.65. The Hall–Kier alpha value is 0.0169. The maximum absolute atomic E-state index is 5.98. The summed E-state index contributed by atoms with van der Waals surface area (Å²) in [5, 5.41) is 0. The van der Waals surface area contributed by atoms with E-state index in [1.54, 1.807) is 7.11 Å². The minimum absolute atomic E-state index is 0.0479. The van der Waals surface area contributed by atoms with Crippen LogP contribution in [0, 0.1) is 0 Å². The van der Waals surface area contributed by atoms with Crippen molar-refractivity contribution in [1.29, 1.82) is 0 Å². The largest absolute Gasteiger partial charge is 0.505 e. The second kappa shape index (κ2) is 8.16. The number of hydrogen-bond donors (Lipinski definition) is 2. The molecule has 6 heteroatoms. The van der Waals surface area contributed by atoms with Crippen LogP contribution < -0.4 is 11.5 Å². The molecule has 0 rings (SSSR count). The standard InChI is InChI=1S/C10H26N2O3Si/c1-5-14-16(13-4,15-6-2)10(7-8-11)9(3)12/h9-10H,5-8,11-12H2,1-4H3. The van der Waals surface area contributed by atoms with Crippen LogP contribution in [0.4, 0.5) is 0 Å². The van der Waals surface area contributed by atoms with Gasteiger partial charge in [0.1, 0.15) is 0 Å². The van der Waals surface area contributed by atoms with Gasteiger partial charge in [-0.2, -0.15) is 0 Å². The quantitative estimate of drug-likeness (QED) is 0.589. The molecule has 0 radical (unpaired) electrons. The van der Waals surface area contributed by atoms with Crippen molar-refractivity contribution in [3.8, 4) is 0 Å². The van der Waals surface area contributed by atoms with Crippen molar-refractivity contribution in [3.63, 3.8) is 0 Å². The van der Waals surface area contributed by atoms with Gasteiger partial charge in [-0.15, -0.1) is 0 Å². The predicted octanol–water partition coefficient (Wildman–Crippen LogP) is 0.711. The smallest absolute Gasteiger partial charge is 0.377 e. The molecule has 4 N–H and O–H groups in total. The molecule has 0 aromatic rings. The predicted molar refractivity (Wildman–Crippen MR) is 67.1 cm³/mol. The van der Waals surface area contributed by atoms with E-state index in [9.17, 15) is 0 Å². The topological polar surface area (TPSA) is 79.7 Å². The maximum atomic E-state index is 5.98. The third kappa shape index (κ3) is 4.12. The Morgan fingerprint density at radius 2 is 1.69 bits per heavy atom. The van der Waals surface area contributed by atoms with E-state index in [0.717, 1.165) is 6.42 Å². The van der Waals surface area contributed by atoms with Crippen LogP contribution in [0.25, 0.3) is 0 Å². The van der Waals surface area contributed by atoms with Crippen LogP contribution in [0.5, 0.6) is 0 Å². The molecule has 0 amide bonds. The Kier molecular flexibility index (Phi) is 8.17. The molecule has 0 aromatic heterocycles. The third-order valence-electron chi connectivity index (χ3n) is 2.54. The van der Waals surface area contributed by atoms with Gasteiger partial charge in [-0.1, -0.05) is 0 Å². The molecule has 2 atom stereocenters. The maximum Gasteiger partial charge on any atom is 0.505 e. The lowest BCUT2D eigenvalue weighted by molar-refractivity contribution is 0.0721. The average molecular weight is 250 g/mol.